The van der Waals surface area contributed by atoms with Gasteiger partial charge in [-0.15, -0.1) is 0 Å². The molecule has 44 heavy (non-hydrogen) atoms. The van der Waals surface area contributed by atoms with E-state index in [1.165, 1.54) is 50.5 Å². The third kappa shape index (κ3) is 6.06. The minimum atomic E-state index is -0.186. The van der Waals surface area contributed by atoms with E-state index >= 15 is 0 Å². The maximum absolute atomic E-state index is 13.0. The molecule has 0 N–H and O–H groups in total. The van der Waals surface area contributed by atoms with Crippen molar-refractivity contribution in [2.75, 3.05) is 0 Å². The first-order valence-electron chi connectivity index (χ1n) is 17.7. The summed E-state index contributed by atoms with van der Waals surface area (Å²) in [6.45, 7) is 12.5. The molecular weight excluding hydrogens is 536 g/mol. The molecule has 2 nitrogen and oxygen atoms in total. The molecule has 4 aliphatic rings. The van der Waals surface area contributed by atoms with Crippen LogP contribution in [0.1, 0.15) is 115 Å². The molecular formula is C42H54O2. The van der Waals surface area contributed by atoms with Crippen molar-refractivity contribution in [1.82, 2.24) is 0 Å². The molecule has 0 radical (unpaired) electrons. The number of carbonyl (C=O) groups excluding carboxylic acids is 1. The third-order valence-electron chi connectivity index (χ3n) is 12.8. The lowest BCUT2D eigenvalue weighted by Gasteiger charge is -2.60. The molecule has 234 valence electrons. The highest BCUT2D eigenvalue weighted by molar-refractivity contribution is 5.89. The molecule has 2 aromatic rings. The number of benzene rings is 2. The number of esters is 1. The van der Waals surface area contributed by atoms with Crippen molar-refractivity contribution in [2.24, 2.45) is 52.3 Å². The Hall–Kier alpha value is -2.79. The number of carbonyl (C=O) groups is 1. The van der Waals surface area contributed by atoms with E-state index in [0.717, 1.165) is 42.6 Å². The molecule has 3 saturated carbocycles. The molecule has 0 amide bonds. The fourth-order valence-electron chi connectivity index (χ4n) is 10.4. The Morgan fingerprint density at radius 3 is 2.25 bits per heavy atom. The second-order valence-electron chi connectivity index (χ2n) is 15.8. The van der Waals surface area contributed by atoms with E-state index in [4.69, 9.17) is 4.74 Å². The number of hydrogen-bond acceptors (Lipinski definition) is 2. The van der Waals surface area contributed by atoms with Crippen LogP contribution in [-0.2, 0) is 4.74 Å². The van der Waals surface area contributed by atoms with Gasteiger partial charge in [0.25, 0.3) is 0 Å². The molecule has 9 atom stereocenters. The molecule has 0 bridgehead atoms. The van der Waals surface area contributed by atoms with Gasteiger partial charge in [0.1, 0.15) is 6.10 Å². The molecule has 6 rings (SSSR count). The van der Waals surface area contributed by atoms with E-state index in [0.29, 0.717) is 34.7 Å². The molecule has 0 heterocycles. The van der Waals surface area contributed by atoms with Crippen LogP contribution >= 0.6 is 0 Å². The monoisotopic (exact) mass is 590 g/mol. The van der Waals surface area contributed by atoms with Crippen LogP contribution in [0.25, 0.3) is 0 Å². The Balaban J connectivity index is 1.29. The molecule has 0 saturated heterocycles. The van der Waals surface area contributed by atoms with E-state index < -0.39 is 0 Å². The number of allylic oxidation sites excluding steroid dienone is 2. The zero-order chi connectivity index (χ0) is 30.9. The zero-order valence-electron chi connectivity index (χ0n) is 27.9. The lowest BCUT2D eigenvalue weighted by atomic mass is 9.44. The van der Waals surface area contributed by atoms with Crippen molar-refractivity contribution in [3.05, 3.63) is 83.4 Å². The molecule has 2 aromatic carbocycles. The highest BCUT2D eigenvalue weighted by Gasteiger charge is 2.61. The zero-order valence-corrected chi connectivity index (χ0v) is 27.9. The Kier molecular flexibility index (Phi) is 9.15. The predicted octanol–water partition coefficient (Wildman–Crippen LogP) is 10.5. The molecule has 0 unspecified atom stereocenters. The normalized spacial score (nSPS) is 34.9. The summed E-state index contributed by atoms with van der Waals surface area (Å²) in [6, 6.07) is 20.0. The Bertz CT molecular complexity index is 1380. The van der Waals surface area contributed by atoms with E-state index in [1.54, 1.807) is 0 Å². The summed E-state index contributed by atoms with van der Waals surface area (Å²) in [4.78, 5) is 13.0. The Morgan fingerprint density at radius 2 is 1.52 bits per heavy atom. The number of ether oxygens (including phenoxy) is 1. The van der Waals surface area contributed by atoms with Crippen LogP contribution in [0.4, 0.5) is 0 Å². The van der Waals surface area contributed by atoms with Gasteiger partial charge in [0.15, 0.2) is 0 Å². The van der Waals surface area contributed by atoms with Crippen LogP contribution in [0.5, 0.6) is 0 Å². The first kappa shape index (κ1) is 31.2. The summed E-state index contributed by atoms with van der Waals surface area (Å²) in [6.07, 6.45) is 15.0. The van der Waals surface area contributed by atoms with Crippen molar-refractivity contribution >= 4 is 5.97 Å². The topological polar surface area (TPSA) is 26.3 Å². The number of hydrogen-bond donors (Lipinski definition) is 0. The van der Waals surface area contributed by atoms with E-state index in [-0.39, 0.29) is 17.5 Å². The van der Waals surface area contributed by atoms with E-state index in [9.17, 15) is 4.79 Å². The summed E-state index contributed by atoms with van der Waals surface area (Å²) in [7, 11) is 0. The molecule has 0 aliphatic heterocycles. The maximum atomic E-state index is 13.0. The Labute approximate surface area is 267 Å². The van der Waals surface area contributed by atoms with Crippen LogP contribution in [0, 0.1) is 64.1 Å². The standard InChI is InChI=1S/C42H54O2/c1-29(2)13-12-14-30(3)36-21-22-37-39-33(20-19-31-15-8-6-9-16-31)27-34-28-35(44-40(43)32-17-10-7-11-18-32)23-25-41(34,4)38(39)24-26-42(36,37)5/h6-11,15-18,27,29-30,34-39H,12-14,21-26,28H2,1-5H3/t30-,34+,35+,36+,37-,38-,39-,41+,42-/m1/s1. The van der Waals surface area contributed by atoms with Crippen LogP contribution in [0.3, 0.4) is 0 Å². The lowest BCUT2D eigenvalue weighted by molar-refractivity contribution is -0.0869. The average Bonchev–Trinajstić information content (AvgIpc) is 3.38. The highest BCUT2D eigenvalue weighted by Crippen LogP contribution is 2.68. The first-order chi connectivity index (χ1) is 21.2. The number of rotatable bonds is 7. The minimum absolute atomic E-state index is 0.0340. The summed E-state index contributed by atoms with van der Waals surface area (Å²) < 4.78 is 6.14. The SMILES string of the molecule is CC(C)CCC[C@@H](C)[C@@H]1CC[C@@H]2[C@H]3C(C#Cc4ccccc4)=C[C@H]4C[C@@H](OC(=O)c5ccccc5)CC[C@]4(C)[C@@H]3CC[C@@]21C. The lowest BCUT2D eigenvalue weighted by Crippen LogP contribution is -2.54. The van der Waals surface area contributed by atoms with Crippen molar-refractivity contribution < 1.29 is 9.53 Å². The van der Waals surface area contributed by atoms with Gasteiger partial charge in [-0.25, -0.2) is 4.79 Å². The molecule has 0 spiro atoms. The smallest absolute Gasteiger partial charge is 0.338 e. The predicted molar refractivity (Wildman–Crippen MR) is 181 cm³/mol. The van der Waals surface area contributed by atoms with Gasteiger partial charge >= 0.3 is 5.97 Å². The summed E-state index contributed by atoms with van der Waals surface area (Å²) in [5.74, 6) is 11.9. The molecule has 3 fully saturated rings. The third-order valence-corrected chi connectivity index (χ3v) is 12.8. The molecule has 2 heteroatoms. The fourth-order valence-corrected chi connectivity index (χ4v) is 10.4. The summed E-state index contributed by atoms with van der Waals surface area (Å²) >= 11 is 0. The van der Waals surface area contributed by atoms with Crippen LogP contribution < -0.4 is 0 Å². The van der Waals surface area contributed by atoms with Crippen molar-refractivity contribution in [3.8, 4) is 11.8 Å². The van der Waals surface area contributed by atoms with Crippen molar-refractivity contribution in [2.45, 2.75) is 105 Å². The van der Waals surface area contributed by atoms with Crippen LogP contribution in [0.2, 0.25) is 0 Å². The summed E-state index contributed by atoms with van der Waals surface area (Å²) in [5, 5.41) is 0. The first-order valence-corrected chi connectivity index (χ1v) is 17.7. The Morgan fingerprint density at radius 1 is 0.841 bits per heavy atom. The molecule has 4 aliphatic carbocycles. The average molecular weight is 591 g/mol. The second kappa shape index (κ2) is 12.9. The largest absolute Gasteiger partial charge is 0.459 e. The van der Waals surface area contributed by atoms with Gasteiger partial charge in [-0.2, -0.15) is 0 Å². The second-order valence-corrected chi connectivity index (χ2v) is 15.8. The van der Waals surface area contributed by atoms with Crippen LogP contribution in [0.15, 0.2) is 72.3 Å². The van der Waals surface area contributed by atoms with Crippen LogP contribution in [-0.4, -0.2) is 12.1 Å². The summed E-state index contributed by atoms with van der Waals surface area (Å²) in [5.41, 5.74) is 3.77. The van der Waals surface area contributed by atoms with Gasteiger partial charge in [-0.1, -0.05) is 108 Å². The van der Waals surface area contributed by atoms with E-state index in [2.05, 4.69) is 82.9 Å². The van der Waals surface area contributed by atoms with Gasteiger partial charge in [0.2, 0.25) is 0 Å². The van der Waals surface area contributed by atoms with Crippen molar-refractivity contribution in [1.29, 1.82) is 0 Å². The van der Waals surface area contributed by atoms with E-state index in [1.807, 2.05) is 30.3 Å². The maximum Gasteiger partial charge on any atom is 0.338 e. The van der Waals surface area contributed by atoms with Gasteiger partial charge in [-0.05, 0) is 121 Å². The van der Waals surface area contributed by atoms with Gasteiger partial charge in [-0.3, -0.25) is 0 Å². The highest BCUT2D eigenvalue weighted by atomic mass is 16.5. The quantitative estimate of drug-likeness (QED) is 0.237. The van der Waals surface area contributed by atoms with Gasteiger partial charge < -0.3 is 4.74 Å². The van der Waals surface area contributed by atoms with Gasteiger partial charge in [0.05, 0.1) is 5.56 Å². The molecule has 0 aromatic heterocycles. The minimum Gasteiger partial charge on any atom is -0.459 e. The number of fused-ring (bicyclic) bond motifs is 5. The fraction of sp³-hybridized carbons (Fsp3) is 0.595. The van der Waals surface area contributed by atoms with Gasteiger partial charge in [0, 0.05) is 11.1 Å². The van der Waals surface area contributed by atoms with Crippen molar-refractivity contribution in [3.63, 3.8) is 0 Å².